The molecule has 0 aromatic heterocycles. The third kappa shape index (κ3) is 1.90. The van der Waals surface area contributed by atoms with E-state index < -0.39 is 11.4 Å². The molecule has 1 aliphatic heterocycles. The number of fused-ring (bicyclic) bond motifs is 1. The van der Waals surface area contributed by atoms with Crippen LogP contribution in [0.2, 0.25) is 0 Å². The summed E-state index contributed by atoms with van der Waals surface area (Å²) in [5.41, 5.74) is 0.926. The Kier molecular flexibility index (Phi) is 2.65. The van der Waals surface area contributed by atoms with Crippen LogP contribution in [0.5, 0.6) is 0 Å². The highest BCUT2D eigenvalue weighted by Gasteiger charge is 2.43. The van der Waals surface area contributed by atoms with Gasteiger partial charge < -0.3 is 10.4 Å². The van der Waals surface area contributed by atoms with Crippen molar-refractivity contribution in [1.29, 1.82) is 0 Å². The third-order valence-electron chi connectivity index (χ3n) is 3.42. The second-order valence-corrected chi connectivity index (χ2v) is 4.91. The molecule has 1 aliphatic rings. The van der Waals surface area contributed by atoms with Crippen molar-refractivity contribution >= 4 is 17.6 Å². The fourth-order valence-corrected chi connectivity index (χ4v) is 2.28. The lowest BCUT2D eigenvalue weighted by Crippen LogP contribution is -2.41. The topological polar surface area (TPSA) is 66.4 Å². The summed E-state index contributed by atoms with van der Waals surface area (Å²) in [5, 5.41) is 11.8. The van der Waals surface area contributed by atoms with Gasteiger partial charge in [0, 0.05) is 11.6 Å². The van der Waals surface area contributed by atoms with Gasteiger partial charge in [-0.1, -0.05) is 32.0 Å². The van der Waals surface area contributed by atoms with E-state index in [-0.39, 0.29) is 18.2 Å². The molecular formula is C13H15NO3. The largest absolute Gasteiger partial charge is 0.481 e. The maximum absolute atomic E-state index is 12.0. The molecule has 0 aliphatic carbocycles. The first-order valence-electron chi connectivity index (χ1n) is 5.55. The fraction of sp³-hybridized carbons (Fsp3) is 0.385. The van der Waals surface area contributed by atoms with Gasteiger partial charge >= 0.3 is 5.97 Å². The second-order valence-electron chi connectivity index (χ2n) is 4.91. The fourth-order valence-electron chi connectivity index (χ4n) is 2.28. The monoisotopic (exact) mass is 233 g/mol. The highest BCUT2D eigenvalue weighted by molar-refractivity contribution is 5.99. The van der Waals surface area contributed by atoms with Crippen LogP contribution in [-0.4, -0.2) is 17.0 Å². The summed E-state index contributed by atoms with van der Waals surface area (Å²) in [5.74, 6) is -1.29. The Morgan fingerprint density at radius 2 is 2.06 bits per heavy atom. The van der Waals surface area contributed by atoms with E-state index in [0.29, 0.717) is 0 Å². The summed E-state index contributed by atoms with van der Waals surface area (Å²) >= 11 is 0. The van der Waals surface area contributed by atoms with E-state index in [9.17, 15) is 9.59 Å². The molecule has 1 aromatic carbocycles. The van der Waals surface area contributed by atoms with Crippen LogP contribution in [0.3, 0.4) is 0 Å². The molecule has 90 valence electrons. The number of rotatable bonds is 2. The molecule has 2 N–H and O–H groups in total. The molecule has 4 nitrogen and oxygen atoms in total. The maximum Gasteiger partial charge on any atom is 0.304 e. The highest BCUT2D eigenvalue weighted by Crippen LogP contribution is 2.45. The molecule has 0 saturated heterocycles. The molecule has 0 fully saturated rings. The van der Waals surface area contributed by atoms with Crippen LogP contribution in [0.15, 0.2) is 24.3 Å². The maximum atomic E-state index is 12.0. The van der Waals surface area contributed by atoms with Gasteiger partial charge in [0.1, 0.15) is 0 Å². The predicted molar refractivity (Wildman–Crippen MR) is 63.8 cm³/mol. The Balaban J connectivity index is 2.51. The van der Waals surface area contributed by atoms with Gasteiger partial charge in [0.05, 0.1) is 11.8 Å². The number of carbonyl (C=O) groups excluding carboxylic acids is 1. The number of hydrogen-bond acceptors (Lipinski definition) is 2. The number of benzene rings is 1. The number of carboxylic acids is 1. The quantitative estimate of drug-likeness (QED) is 0.823. The predicted octanol–water partition coefficient (Wildman–Crippen LogP) is 2.22. The lowest BCUT2D eigenvalue weighted by Gasteiger charge is -2.38. The number of para-hydroxylation sites is 1. The van der Waals surface area contributed by atoms with Crippen molar-refractivity contribution < 1.29 is 14.7 Å². The summed E-state index contributed by atoms with van der Waals surface area (Å²) in [6, 6.07) is 7.37. The minimum absolute atomic E-state index is 0.0303. The van der Waals surface area contributed by atoms with E-state index in [4.69, 9.17) is 5.11 Å². The molecular weight excluding hydrogens is 218 g/mol. The molecule has 17 heavy (non-hydrogen) atoms. The van der Waals surface area contributed by atoms with Gasteiger partial charge in [-0.25, -0.2) is 0 Å². The van der Waals surface area contributed by atoms with Gasteiger partial charge in [0.15, 0.2) is 0 Å². The molecule has 4 heteroatoms. The number of carbonyl (C=O) groups is 2. The van der Waals surface area contributed by atoms with Gasteiger partial charge in [-0.2, -0.15) is 0 Å². The van der Waals surface area contributed by atoms with E-state index in [2.05, 4.69) is 5.32 Å². The van der Waals surface area contributed by atoms with Crippen LogP contribution in [0.1, 0.15) is 31.7 Å². The van der Waals surface area contributed by atoms with Crippen molar-refractivity contribution in [3.63, 3.8) is 0 Å². The molecule has 0 spiro atoms. The number of anilines is 1. The highest BCUT2D eigenvalue weighted by atomic mass is 16.4. The Labute approximate surface area is 99.6 Å². The van der Waals surface area contributed by atoms with Crippen molar-refractivity contribution in [2.75, 3.05) is 5.32 Å². The normalized spacial score (nSPS) is 21.5. The molecule has 1 amide bonds. The number of hydrogen-bond donors (Lipinski definition) is 2. The standard InChI is InChI=1S/C13H15NO3/c1-13(2)9(7-11(15)16)8-5-3-4-6-10(8)14-12(13)17/h3-6,9H,7H2,1-2H3,(H,14,17)(H,15,16). The van der Waals surface area contributed by atoms with Crippen LogP contribution in [0, 0.1) is 5.41 Å². The zero-order valence-corrected chi connectivity index (χ0v) is 9.86. The summed E-state index contributed by atoms with van der Waals surface area (Å²) in [6.07, 6.45) is -0.0303. The third-order valence-corrected chi connectivity index (χ3v) is 3.42. The summed E-state index contributed by atoms with van der Waals surface area (Å²) in [6.45, 7) is 3.57. The van der Waals surface area contributed by atoms with Crippen LogP contribution in [0.4, 0.5) is 5.69 Å². The van der Waals surface area contributed by atoms with Crippen molar-refractivity contribution in [1.82, 2.24) is 0 Å². The van der Waals surface area contributed by atoms with Crippen molar-refractivity contribution in [3.05, 3.63) is 29.8 Å². The number of carboxylic acid groups (broad SMARTS) is 1. The van der Waals surface area contributed by atoms with Crippen molar-refractivity contribution in [3.8, 4) is 0 Å². The lowest BCUT2D eigenvalue weighted by molar-refractivity contribution is -0.138. The molecule has 0 radical (unpaired) electrons. The number of aliphatic carboxylic acids is 1. The van der Waals surface area contributed by atoms with Crippen LogP contribution in [-0.2, 0) is 9.59 Å². The molecule has 0 saturated carbocycles. The summed E-state index contributed by atoms with van der Waals surface area (Å²) in [4.78, 5) is 22.9. The van der Waals surface area contributed by atoms with Gasteiger partial charge in [-0.3, -0.25) is 9.59 Å². The molecule has 2 rings (SSSR count). The van der Waals surface area contributed by atoms with E-state index in [1.54, 1.807) is 19.9 Å². The smallest absolute Gasteiger partial charge is 0.304 e. The molecule has 1 heterocycles. The van der Waals surface area contributed by atoms with Gasteiger partial charge in [-0.05, 0) is 11.6 Å². The van der Waals surface area contributed by atoms with Gasteiger partial charge in [0.25, 0.3) is 0 Å². The van der Waals surface area contributed by atoms with E-state index >= 15 is 0 Å². The van der Waals surface area contributed by atoms with Crippen LogP contribution in [0.25, 0.3) is 0 Å². The average Bonchev–Trinajstić information content (AvgIpc) is 2.25. The van der Waals surface area contributed by atoms with Crippen LogP contribution < -0.4 is 5.32 Å². The Morgan fingerprint density at radius 3 is 2.71 bits per heavy atom. The van der Waals surface area contributed by atoms with Crippen molar-refractivity contribution in [2.45, 2.75) is 26.2 Å². The Hall–Kier alpha value is -1.84. The minimum Gasteiger partial charge on any atom is -0.481 e. The average molecular weight is 233 g/mol. The lowest BCUT2D eigenvalue weighted by atomic mass is 9.70. The molecule has 1 atom stereocenters. The number of amides is 1. The first-order valence-corrected chi connectivity index (χ1v) is 5.55. The van der Waals surface area contributed by atoms with E-state index in [1.165, 1.54) is 0 Å². The Morgan fingerprint density at radius 1 is 1.41 bits per heavy atom. The first-order chi connectivity index (χ1) is 7.93. The van der Waals surface area contributed by atoms with E-state index in [0.717, 1.165) is 11.3 Å². The zero-order valence-electron chi connectivity index (χ0n) is 9.86. The van der Waals surface area contributed by atoms with Crippen LogP contribution >= 0.6 is 0 Å². The van der Waals surface area contributed by atoms with Gasteiger partial charge in [0.2, 0.25) is 5.91 Å². The van der Waals surface area contributed by atoms with Gasteiger partial charge in [-0.15, -0.1) is 0 Å². The summed E-state index contributed by atoms with van der Waals surface area (Å²) < 4.78 is 0. The minimum atomic E-state index is -0.882. The second kappa shape index (κ2) is 3.87. The first kappa shape index (κ1) is 11.6. The van der Waals surface area contributed by atoms with Crippen molar-refractivity contribution in [2.24, 2.45) is 5.41 Å². The Bertz CT molecular complexity index is 479. The van der Waals surface area contributed by atoms with E-state index in [1.807, 2.05) is 18.2 Å². The SMILES string of the molecule is CC1(C)C(=O)Nc2ccccc2C1CC(=O)O. The zero-order chi connectivity index (χ0) is 12.6. The molecule has 0 bridgehead atoms. The number of nitrogens with one attached hydrogen (secondary N) is 1. The summed E-state index contributed by atoms with van der Waals surface area (Å²) in [7, 11) is 0. The molecule has 1 aromatic rings. The molecule has 1 unspecified atom stereocenters.